The monoisotopic (exact) mass is 251 g/mol. The van der Waals surface area contributed by atoms with Gasteiger partial charge in [0.2, 0.25) is 0 Å². The van der Waals surface area contributed by atoms with Crippen molar-refractivity contribution in [3.05, 3.63) is 42.9 Å². The van der Waals surface area contributed by atoms with Crippen LogP contribution in [0.4, 0.5) is 5.82 Å². The number of benzene rings is 1. The molecule has 1 aromatic carbocycles. The summed E-state index contributed by atoms with van der Waals surface area (Å²) in [5.41, 5.74) is 3.14. The SMILES string of the molecule is CCNc1ncnc2nc(-c3ccccc3)cnc12. The Morgan fingerprint density at radius 3 is 2.68 bits per heavy atom. The Bertz CT molecular complexity index is 697. The van der Waals surface area contributed by atoms with Gasteiger partial charge in [-0.25, -0.2) is 19.9 Å². The van der Waals surface area contributed by atoms with Gasteiger partial charge >= 0.3 is 0 Å². The predicted octanol–water partition coefficient (Wildman–Crippen LogP) is 2.52. The molecule has 0 aliphatic rings. The summed E-state index contributed by atoms with van der Waals surface area (Å²) in [6.07, 6.45) is 3.26. The lowest BCUT2D eigenvalue weighted by Gasteiger charge is -2.06. The second-order valence-electron chi connectivity index (χ2n) is 4.05. The van der Waals surface area contributed by atoms with Crippen molar-refractivity contribution in [1.82, 2.24) is 19.9 Å². The Morgan fingerprint density at radius 2 is 1.89 bits per heavy atom. The number of rotatable bonds is 3. The average Bonchev–Trinajstić information content (AvgIpc) is 2.48. The van der Waals surface area contributed by atoms with E-state index in [0.717, 1.165) is 23.6 Å². The largest absolute Gasteiger partial charge is 0.368 e. The second kappa shape index (κ2) is 4.97. The maximum atomic E-state index is 4.53. The van der Waals surface area contributed by atoms with E-state index in [1.807, 2.05) is 37.3 Å². The lowest BCUT2D eigenvalue weighted by molar-refractivity contribution is 1.11. The van der Waals surface area contributed by atoms with Gasteiger partial charge in [0.15, 0.2) is 11.5 Å². The van der Waals surface area contributed by atoms with Crippen molar-refractivity contribution in [3.8, 4) is 11.3 Å². The molecule has 0 aliphatic heterocycles. The molecule has 0 saturated heterocycles. The van der Waals surface area contributed by atoms with E-state index in [0.29, 0.717) is 11.2 Å². The molecular weight excluding hydrogens is 238 g/mol. The lowest BCUT2D eigenvalue weighted by atomic mass is 10.2. The molecule has 0 amide bonds. The molecule has 2 aromatic heterocycles. The van der Waals surface area contributed by atoms with E-state index < -0.39 is 0 Å². The molecule has 2 heterocycles. The first kappa shape index (κ1) is 11.5. The van der Waals surface area contributed by atoms with Gasteiger partial charge in [0.25, 0.3) is 0 Å². The maximum Gasteiger partial charge on any atom is 0.184 e. The number of hydrogen-bond acceptors (Lipinski definition) is 5. The highest BCUT2D eigenvalue weighted by Crippen LogP contribution is 2.20. The number of nitrogens with one attached hydrogen (secondary N) is 1. The highest BCUT2D eigenvalue weighted by atomic mass is 15.1. The first-order chi connectivity index (χ1) is 9.38. The summed E-state index contributed by atoms with van der Waals surface area (Å²) in [6.45, 7) is 2.80. The Morgan fingerprint density at radius 1 is 1.05 bits per heavy atom. The number of fused-ring (bicyclic) bond motifs is 1. The van der Waals surface area contributed by atoms with Crippen LogP contribution < -0.4 is 5.32 Å². The van der Waals surface area contributed by atoms with Gasteiger partial charge in [0.05, 0.1) is 11.9 Å². The van der Waals surface area contributed by atoms with E-state index in [1.54, 1.807) is 6.20 Å². The van der Waals surface area contributed by atoms with Crippen molar-refractivity contribution in [3.63, 3.8) is 0 Å². The van der Waals surface area contributed by atoms with Crippen LogP contribution in [0.25, 0.3) is 22.4 Å². The highest BCUT2D eigenvalue weighted by Gasteiger charge is 2.07. The van der Waals surface area contributed by atoms with Gasteiger partial charge in [0, 0.05) is 12.1 Å². The predicted molar refractivity (Wildman–Crippen MR) is 74.7 cm³/mol. The van der Waals surface area contributed by atoms with Crippen LogP contribution in [0, 0.1) is 0 Å². The summed E-state index contributed by atoms with van der Waals surface area (Å²) in [5.74, 6) is 0.722. The fourth-order valence-corrected chi connectivity index (χ4v) is 1.88. The number of nitrogens with zero attached hydrogens (tertiary/aromatic N) is 4. The lowest BCUT2D eigenvalue weighted by Crippen LogP contribution is -2.02. The van der Waals surface area contributed by atoms with Crippen LogP contribution in [-0.2, 0) is 0 Å². The van der Waals surface area contributed by atoms with Crippen molar-refractivity contribution < 1.29 is 0 Å². The van der Waals surface area contributed by atoms with Crippen molar-refractivity contribution in [2.24, 2.45) is 0 Å². The summed E-state index contributed by atoms with van der Waals surface area (Å²) in [4.78, 5) is 17.3. The molecule has 0 aliphatic carbocycles. The summed E-state index contributed by atoms with van der Waals surface area (Å²) < 4.78 is 0. The van der Waals surface area contributed by atoms with Crippen LogP contribution >= 0.6 is 0 Å². The molecule has 5 heteroatoms. The highest BCUT2D eigenvalue weighted by molar-refractivity contribution is 5.83. The maximum absolute atomic E-state index is 4.53. The molecule has 94 valence electrons. The van der Waals surface area contributed by atoms with E-state index in [1.165, 1.54) is 6.33 Å². The molecule has 5 nitrogen and oxygen atoms in total. The van der Waals surface area contributed by atoms with Gasteiger partial charge in [0.1, 0.15) is 11.8 Å². The van der Waals surface area contributed by atoms with Crippen molar-refractivity contribution >= 4 is 17.0 Å². The van der Waals surface area contributed by atoms with Crippen LogP contribution in [0.5, 0.6) is 0 Å². The van der Waals surface area contributed by atoms with Crippen LogP contribution in [-0.4, -0.2) is 26.5 Å². The van der Waals surface area contributed by atoms with Crippen molar-refractivity contribution in [2.75, 3.05) is 11.9 Å². The summed E-state index contributed by atoms with van der Waals surface area (Å²) in [6, 6.07) is 9.93. The van der Waals surface area contributed by atoms with E-state index in [-0.39, 0.29) is 0 Å². The molecule has 1 N–H and O–H groups in total. The fraction of sp³-hybridized carbons (Fsp3) is 0.143. The first-order valence-corrected chi connectivity index (χ1v) is 6.15. The zero-order valence-corrected chi connectivity index (χ0v) is 10.5. The third-order valence-corrected chi connectivity index (χ3v) is 2.76. The molecule has 0 radical (unpaired) electrons. The summed E-state index contributed by atoms with van der Waals surface area (Å²) in [5, 5.41) is 3.16. The van der Waals surface area contributed by atoms with Crippen LogP contribution in [0.15, 0.2) is 42.9 Å². The van der Waals surface area contributed by atoms with Gasteiger partial charge in [-0.05, 0) is 6.92 Å². The van der Waals surface area contributed by atoms with Gasteiger partial charge in [-0.1, -0.05) is 30.3 Å². The molecule has 0 fully saturated rings. The first-order valence-electron chi connectivity index (χ1n) is 6.15. The van der Waals surface area contributed by atoms with E-state index in [4.69, 9.17) is 0 Å². The smallest absolute Gasteiger partial charge is 0.184 e. The van der Waals surface area contributed by atoms with Crippen LogP contribution in [0.1, 0.15) is 6.92 Å². The quantitative estimate of drug-likeness (QED) is 0.775. The van der Waals surface area contributed by atoms with E-state index >= 15 is 0 Å². The van der Waals surface area contributed by atoms with Gasteiger partial charge in [-0.2, -0.15) is 0 Å². The van der Waals surface area contributed by atoms with Gasteiger partial charge in [-0.15, -0.1) is 0 Å². The van der Waals surface area contributed by atoms with E-state index in [9.17, 15) is 0 Å². The van der Waals surface area contributed by atoms with Gasteiger partial charge in [-0.3, -0.25) is 0 Å². The molecule has 0 bridgehead atoms. The molecule has 0 atom stereocenters. The fourth-order valence-electron chi connectivity index (χ4n) is 1.88. The zero-order valence-electron chi connectivity index (χ0n) is 10.5. The normalized spacial score (nSPS) is 10.6. The molecule has 0 saturated carbocycles. The van der Waals surface area contributed by atoms with Crippen LogP contribution in [0.3, 0.4) is 0 Å². The summed E-state index contributed by atoms with van der Waals surface area (Å²) >= 11 is 0. The standard InChI is InChI=1S/C14H13N5/c1-2-15-13-12-14(18-9-17-13)19-11(8-16-12)10-6-4-3-5-7-10/h3-9H,2H2,1H3,(H,15,17,18,19). The Balaban J connectivity index is 2.12. The zero-order chi connectivity index (χ0) is 13.1. The number of anilines is 1. The average molecular weight is 251 g/mol. The Labute approximate surface area is 110 Å². The number of aromatic nitrogens is 4. The second-order valence-corrected chi connectivity index (χ2v) is 4.05. The molecule has 0 spiro atoms. The summed E-state index contributed by atoms with van der Waals surface area (Å²) in [7, 11) is 0. The molecule has 19 heavy (non-hydrogen) atoms. The van der Waals surface area contributed by atoms with Gasteiger partial charge < -0.3 is 5.32 Å². The van der Waals surface area contributed by atoms with Crippen molar-refractivity contribution in [2.45, 2.75) is 6.92 Å². The third-order valence-electron chi connectivity index (χ3n) is 2.76. The van der Waals surface area contributed by atoms with E-state index in [2.05, 4.69) is 25.3 Å². The minimum absolute atomic E-state index is 0.604. The minimum atomic E-state index is 0.604. The number of hydrogen-bond donors (Lipinski definition) is 1. The Kier molecular flexibility index (Phi) is 3.02. The topological polar surface area (TPSA) is 63.6 Å². The Hall–Kier alpha value is -2.56. The third kappa shape index (κ3) is 2.22. The van der Waals surface area contributed by atoms with Crippen LogP contribution in [0.2, 0.25) is 0 Å². The molecule has 3 rings (SSSR count). The molecular formula is C14H13N5. The molecule has 0 unspecified atom stereocenters. The minimum Gasteiger partial charge on any atom is -0.368 e. The molecule has 3 aromatic rings. The van der Waals surface area contributed by atoms with Crippen molar-refractivity contribution in [1.29, 1.82) is 0 Å².